The van der Waals surface area contributed by atoms with Gasteiger partial charge in [0.05, 0.1) is 25.0 Å². The summed E-state index contributed by atoms with van der Waals surface area (Å²) in [5.74, 6) is -0.454. The van der Waals surface area contributed by atoms with Gasteiger partial charge in [0.25, 0.3) is 0 Å². The number of hydrogen-bond donors (Lipinski definition) is 1. The van der Waals surface area contributed by atoms with Crippen molar-refractivity contribution in [2.75, 3.05) is 18.1 Å². The van der Waals surface area contributed by atoms with Gasteiger partial charge in [-0.05, 0) is 0 Å². The van der Waals surface area contributed by atoms with E-state index in [9.17, 15) is 17.1 Å². The van der Waals surface area contributed by atoms with Gasteiger partial charge in [-0.15, -0.1) is 3.89 Å². The van der Waals surface area contributed by atoms with E-state index in [2.05, 4.69) is 5.10 Å². The number of aliphatic hydroxyl groups is 1. The van der Waals surface area contributed by atoms with Crippen LogP contribution in [0.2, 0.25) is 0 Å². The first-order chi connectivity index (χ1) is 8.41. The normalized spacial score (nSPS) is 20.7. The fourth-order valence-corrected chi connectivity index (χ4v) is 2.50. The Bertz CT molecular complexity index is 556. The molecule has 1 saturated heterocycles. The Hall–Kier alpha value is -1.48. The Balaban J connectivity index is 2.16. The number of hydrogen-bond acceptors (Lipinski definition) is 5. The molecule has 1 N–H and O–H groups in total. The first kappa shape index (κ1) is 13.0. The number of halogens is 1. The van der Waals surface area contributed by atoms with Crippen molar-refractivity contribution in [3.63, 3.8) is 0 Å². The zero-order chi connectivity index (χ0) is 13.3. The second kappa shape index (κ2) is 4.65. The van der Waals surface area contributed by atoms with Gasteiger partial charge in [0.15, 0.2) is 0 Å². The summed E-state index contributed by atoms with van der Waals surface area (Å²) in [7, 11) is -4.71. The number of amides is 1. The molecule has 0 spiro atoms. The quantitative estimate of drug-likeness (QED) is 0.733. The summed E-state index contributed by atoms with van der Waals surface area (Å²) < 4.78 is 35.8. The lowest BCUT2D eigenvalue weighted by Crippen LogP contribution is -2.26. The van der Waals surface area contributed by atoms with Gasteiger partial charge < -0.3 is 10.0 Å². The van der Waals surface area contributed by atoms with E-state index in [1.54, 1.807) is 0 Å². The van der Waals surface area contributed by atoms with Gasteiger partial charge >= 0.3 is 10.2 Å². The van der Waals surface area contributed by atoms with Crippen LogP contribution < -0.4 is 4.90 Å². The largest absolute Gasteiger partial charge is 0.394 e. The van der Waals surface area contributed by atoms with E-state index in [1.807, 2.05) is 0 Å². The summed E-state index contributed by atoms with van der Waals surface area (Å²) in [6.45, 7) is -0.0358. The van der Waals surface area contributed by atoms with E-state index in [1.165, 1.54) is 22.0 Å². The Morgan fingerprint density at radius 3 is 2.83 bits per heavy atom. The highest BCUT2D eigenvalue weighted by Crippen LogP contribution is 2.25. The molecule has 100 valence electrons. The zero-order valence-electron chi connectivity index (χ0n) is 9.36. The maximum Gasteiger partial charge on any atom is 0.307 e. The molecule has 0 aromatic carbocycles. The standard InChI is InChI=1S/C9H12FN3O4S/c10-18(16,17)8-3-9(15)13(6-8)7-4-11-12(5-7)1-2-14/h4-5,8,14H,1-3,6H2. The number of nitrogens with zero attached hydrogens (tertiary/aromatic N) is 3. The smallest absolute Gasteiger partial charge is 0.307 e. The second-order valence-corrected chi connectivity index (χ2v) is 5.61. The monoisotopic (exact) mass is 277 g/mol. The van der Waals surface area contributed by atoms with Gasteiger partial charge in [-0.1, -0.05) is 0 Å². The van der Waals surface area contributed by atoms with Gasteiger partial charge in [0, 0.05) is 19.2 Å². The van der Waals surface area contributed by atoms with Gasteiger partial charge in [-0.3, -0.25) is 9.48 Å². The molecule has 0 aliphatic carbocycles. The lowest BCUT2D eigenvalue weighted by atomic mass is 10.4. The van der Waals surface area contributed by atoms with Crippen molar-refractivity contribution in [2.24, 2.45) is 0 Å². The molecular weight excluding hydrogens is 265 g/mol. The van der Waals surface area contributed by atoms with Gasteiger partial charge in [0.2, 0.25) is 5.91 Å². The van der Waals surface area contributed by atoms with Crippen LogP contribution in [0.1, 0.15) is 6.42 Å². The third-order valence-electron chi connectivity index (χ3n) is 2.75. The molecule has 7 nitrogen and oxygen atoms in total. The first-order valence-electron chi connectivity index (χ1n) is 5.29. The molecule has 1 fully saturated rings. The van der Waals surface area contributed by atoms with Crippen molar-refractivity contribution in [3.8, 4) is 0 Å². The predicted octanol–water partition coefficient (Wildman–Crippen LogP) is -0.720. The van der Waals surface area contributed by atoms with E-state index >= 15 is 0 Å². The topological polar surface area (TPSA) is 92.5 Å². The minimum atomic E-state index is -4.71. The number of aromatic nitrogens is 2. The summed E-state index contributed by atoms with van der Waals surface area (Å²) in [4.78, 5) is 12.8. The van der Waals surface area contributed by atoms with Crippen LogP contribution in [0.5, 0.6) is 0 Å². The van der Waals surface area contributed by atoms with Crippen LogP contribution in [0, 0.1) is 0 Å². The average molecular weight is 277 g/mol. The Morgan fingerprint density at radius 1 is 1.56 bits per heavy atom. The lowest BCUT2D eigenvalue weighted by molar-refractivity contribution is -0.117. The highest BCUT2D eigenvalue weighted by atomic mass is 32.3. The van der Waals surface area contributed by atoms with E-state index in [0.29, 0.717) is 5.69 Å². The first-order valence-corrected chi connectivity index (χ1v) is 6.73. The highest BCUT2D eigenvalue weighted by molar-refractivity contribution is 7.87. The number of rotatable bonds is 4. The van der Waals surface area contributed by atoms with Crippen LogP contribution in [-0.4, -0.2) is 47.6 Å². The number of carbonyl (C=O) groups is 1. The second-order valence-electron chi connectivity index (χ2n) is 3.99. The lowest BCUT2D eigenvalue weighted by Gasteiger charge is -2.12. The molecule has 1 aliphatic heterocycles. The molecule has 0 saturated carbocycles. The fraction of sp³-hybridized carbons (Fsp3) is 0.556. The van der Waals surface area contributed by atoms with Gasteiger partial charge in [-0.25, -0.2) is 0 Å². The molecule has 1 amide bonds. The van der Waals surface area contributed by atoms with Crippen molar-refractivity contribution in [1.29, 1.82) is 0 Å². The molecule has 1 aromatic heterocycles. The highest BCUT2D eigenvalue weighted by Gasteiger charge is 2.39. The van der Waals surface area contributed by atoms with E-state index in [0.717, 1.165) is 0 Å². The molecule has 0 bridgehead atoms. The molecule has 18 heavy (non-hydrogen) atoms. The summed E-state index contributed by atoms with van der Waals surface area (Å²) in [6, 6.07) is 0. The molecule has 2 rings (SSSR count). The number of carbonyl (C=O) groups excluding carboxylic acids is 1. The zero-order valence-corrected chi connectivity index (χ0v) is 10.2. The molecular formula is C9H12FN3O4S. The molecule has 1 atom stereocenters. The summed E-state index contributed by atoms with van der Waals surface area (Å²) in [5, 5.41) is 11.3. The van der Waals surface area contributed by atoms with Crippen LogP contribution >= 0.6 is 0 Å². The number of aliphatic hydroxyl groups excluding tert-OH is 1. The van der Waals surface area contributed by atoms with Crippen molar-refractivity contribution >= 4 is 21.8 Å². The van der Waals surface area contributed by atoms with E-state index in [4.69, 9.17) is 5.11 Å². The van der Waals surface area contributed by atoms with Crippen molar-refractivity contribution in [3.05, 3.63) is 12.4 Å². The molecule has 9 heteroatoms. The summed E-state index contributed by atoms with van der Waals surface area (Å²) >= 11 is 0. The summed E-state index contributed by atoms with van der Waals surface area (Å²) in [5.41, 5.74) is 0.402. The molecule has 1 aromatic rings. The average Bonchev–Trinajstić information content (AvgIpc) is 2.84. The third kappa shape index (κ3) is 2.51. The van der Waals surface area contributed by atoms with Gasteiger partial charge in [-0.2, -0.15) is 13.5 Å². The van der Waals surface area contributed by atoms with Crippen molar-refractivity contribution in [2.45, 2.75) is 18.2 Å². The van der Waals surface area contributed by atoms with Crippen LogP contribution in [-0.2, 0) is 21.6 Å². The maximum absolute atomic E-state index is 12.8. The fourth-order valence-electron chi connectivity index (χ4n) is 1.83. The molecule has 0 radical (unpaired) electrons. The van der Waals surface area contributed by atoms with Crippen molar-refractivity contribution < 1.29 is 22.2 Å². The Labute approximate surface area is 103 Å². The Morgan fingerprint density at radius 2 is 2.28 bits per heavy atom. The molecule has 2 heterocycles. The van der Waals surface area contributed by atoms with Crippen molar-refractivity contribution in [1.82, 2.24) is 9.78 Å². The third-order valence-corrected chi connectivity index (χ3v) is 3.86. The maximum atomic E-state index is 12.8. The van der Waals surface area contributed by atoms with Crippen LogP contribution in [0.25, 0.3) is 0 Å². The molecule has 1 aliphatic rings. The van der Waals surface area contributed by atoms with Gasteiger partial charge in [0.1, 0.15) is 5.25 Å². The number of anilines is 1. The predicted molar refractivity (Wildman–Crippen MR) is 60.1 cm³/mol. The minimum Gasteiger partial charge on any atom is -0.394 e. The Kier molecular flexibility index (Phi) is 3.35. The van der Waals surface area contributed by atoms with Crippen LogP contribution in [0.3, 0.4) is 0 Å². The SMILES string of the molecule is O=C1CC(S(=O)(=O)F)CN1c1cnn(CCO)c1. The van der Waals surface area contributed by atoms with E-state index in [-0.39, 0.29) is 26.1 Å². The van der Waals surface area contributed by atoms with E-state index < -0.39 is 21.4 Å². The minimum absolute atomic E-state index is 0.101. The van der Waals surface area contributed by atoms with Crippen LogP contribution in [0.15, 0.2) is 12.4 Å². The summed E-state index contributed by atoms with van der Waals surface area (Å²) in [6.07, 6.45) is 2.52. The molecule has 1 unspecified atom stereocenters. The van der Waals surface area contributed by atoms with Crippen LogP contribution in [0.4, 0.5) is 9.57 Å².